The number of ether oxygens (including phenoxy) is 4. The fraction of sp³-hybridized carbons (Fsp3) is 0.823. The smallest absolute Gasteiger partial charge is 0.462 e. The first-order valence-electron chi connectivity index (χ1n) is 39.6. The first kappa shape index (κ1) is 94.8. The summed E-state index contributed by atoms with van der Waals surface area (Å²) in [6, 6.07) is 0. The maximum absolute atomic E-state index is 13.1. The lowest BCUT2D eigenvalue weighted by Crippen LogP contribution is -2.30. The van der Waals surface area contributed by atoms with Crippen molar-refractivity contribution < 1.29 is 80.2 Å². The van der Waals surface area contributed by atoms with Crippen molar-refractivity contribution in [3.05, 3.63) is 60.8 Å². The molecule has 0 bridgehead atoms. The van der Waals surface area contributed by atoms with Gasteiger partial charge in [0.1, 0.15) is 19.3 Å². The Hall–Kier alpha value is -3.24. The van der Waals surface area contributed by atoms with Crippen molar-refractivity contribution >= 4 is 39.5 Å². The zero-order chi connectivity index (χ0) is 71.8. The topological polar surface area (TPSA) is 237 Å². The summed E-state index contributed by atoms with van der Waals surface area (Å²) in [6.45, 7) is 4.85. The monoisotopic (exact) mass is 1430 g/mol. The van der Waals surface area contributed by atoms with E-state index < -0.39 is 97.5 Å². The second-order valence-corrected chi connectivity index (χ2v) is 29.6. The molecule has 3 N–H and O–H groups in total. The van der Waals surface area contributed by atoms with Crippen molar-refractivity contribution in [2.24, 2.45) is 0 Å². The SMILES string of the molecule is CCCCCC/C=C\C=C/CCCCCCCC(=O)OC[C@H](COP(=O)(O)OC[C@@H](O)COP(=O)(O)OC[C@@H](COC(=O)CCCCCCCCCCCCCCC)OC(=O)CCCCCCC/C=C\C=C/CCCCCC)OC(=O)CCCCCCC/C=C\CCCCCCCC. The van der Waals surface area contributed by atoms with Crippen LogP contribution in [0, 0.1) is 0 Å². The highest BCUT2D eigenvalue weighted by molar-refractivity contribution is 7.47. The molecule has 0 radical (unpaired) electrons. The number of esters is 4. The third kappa shape index (κ3) is 71.2. The first-order valence-corrected chi connectivity index (χ1v) is 42.6. The number of rotatable bonds is 75. The van der Waals surface area contributed by atoms with E-state index in [0.29, 0.717) is 25.7 Å². The number of hydrogen-bond acceptors (Lipinski definition) is 15. The fourth-order valence-corrected chi connectivity index (χ4v) is 12.5. The molecule has 0 aliphatic rings. The van der Waals surface area contributed by atoms with E-state index in [-0.39, 0.29) is 25.7 Å². The third-order valence-corrected chi connectivity index (χ3v) is 18.9. The van der Waals surface area contributed by atoms with Gasteiger partial charge in [-0.05, 0) is 103 Å². The predicted octanol–water partition coefficient (Wildman–Crippen LogP) is 22.7. The van der Waals surface area contributed by atoms with Gasteiger partial charge in [-0.1, -0.05) is 294 Å². The Morgan fingerprint density at radius 3 is 0.776 bits per heavy atom. The van der Waals surface area contributed by atoms with Crippen molar-refractivity contribution in [3.8, 4) is 0 Å². The molecular weight excluding hydrogens is 1280 g/mol. The van der Waals surface area contributed by atoms with Crippen molar-refractivity contribution in [2.45, 2.75) is 380 Å². The zero-order valence-corrected chi connectivity index (χ0v) is 64.3. The Morgan fingerprint density at radius 1 is 0.286 bits per heavy atom. The van der Waals surface area contributed by atoms with Gasteiger partial charge in [-0.2, -0.15) is 0 Å². The molecule has 0 saturated heterocycles. The highest BCUT2D eigenvalue weighted by Gasteiger charge is 2.30. The molecule has 0 aromatic heterocycles. The van der Waals surface area contributed by atoms with Crippen LogP contribution in [0.4, 0.5) is 0 Å². The molecule has 19 heteroatoms. The number of unbranched alkanes of at least 4 members (excludes halogenated alkanes) is 41. The minimum absolute atomic E-state index is 0.0821. The second kappa shape index (κ2) is 72.1. The molecule has 2 unspecified atom stereocenters. The van der Waals surface area contributed by atoms with Crippen LogP contribution in [-0.4, -0.2) is 96.7 Å². The summed E-state index contributed by atoms with van der Waals surface area (Å²) in [7, 11) is -9.95. The molecule has 0 saturated carbocycles. The summed E-state index contributed by atoms with van der Waals surface area (Å²) < 4.78 is 68.5. The third-order valence-electron chi connectivity index (χ3n) is 17.0. The molecule has 0 aromatic rings. The van der Waals surface area contributed by atoms with Gasteiger partial charge in [0.25, 0.3) is 0 Å². The van der Waals surface area contributed by atoms with Gasteiger partial charge in [0.05, 0.1) is 26.4 Å². The summed E-state index contributed by atoms with van der Waals surface area (Å²) in [5.74, 6) is -2.19. The number of allylic oxidation sites excluding steroid dienone is 10. The van der Waals surface area contributed by atoms with E-state index in [9.17, 15) is 43.2 Å². The van der Waals surface area contributed by atoms with Gasteiger partial charge < -0.3 is 33.8 Å². The minimum atomic E-state index is -4.97. The molecule has 0 aliphatic heterocycles. The predicted molar refractivity (Wildman–Crippen MR) is 400 cm³/mol. The maximum atomic E-state index is 13.1. The van der Waals surface area contributed by atoms with Gasteiger partial charge >= 0.3 is 39.5 Å². The maximum Gasteiger partial charge on any atom is 0.472 e. The van der Waals surface area contributed by atoms with Gasteiger partial charge in [0.2, 0.25) is 0 Å². The molecular formula is C79H144O17P2. The molecule has 0 spiro atoms. The van der Waals surface area contributed by atoms with E-state index in [1.165, 1.54) is 148 Å². The van der Waals surface area contributed by atoms with Gasteiger partial charge in [-0.15, -0.1) is 0 Å². The van der Waals surface area contributed by atoms with Crippen LogP contribution in [0.5, 0.6) is 0 Å². The zero-order valence-electron chi connectivity index (χ0n) is 62.5. The van der Waals surface area contributed by atoms with Crippen LogP contribution in [0.1, 0.15) is 362 Å². The van der Waals surface area contributed by atoms with Crippen LogP contribution in [0.15, 0.2) is 60.8 Å². The summed E-state index contributed by atoms with van der Waals surface area (Å²) in [6.07, 6.45) is 70.5. The summed E-state index contributed by atoms with van der Waals surface area (Å²) in [5, 5.41) is 10.6. The van der Waals surface area contributed by atoms with Gasteiger partial charge in [0, 0.05) is 25.7 Å². The molecule has 0 rings (SSSR count). The molecule has 0 heterocycles. The van der Waals surface area contributed by atoms with E-state index in [0.717, 1.165) is 135 Å². The fourth-order valence-electron chi connectivity index (χ4n) is 10.9. The summed E-state index contributed by atoms with van der Waals surface area (Å²) in [4.78, 5) is 72.9. The molecule has 98 heavy (non-hydrogen) atoms. The Labute approximate surface area is 597 Å². The first-order chi connectivity index (χ1) is 47.7. The molecule has 0 aromatic carbocycles. The Balaban J connectivity index is 5.35. The van der Waals surface area contributed by atoms with Crippen LogP contribution < -0.4 is 0 Å². The van der Waals surface area contributed by atoms with E-state index >= 15 is 0 Å². The molecule has 0 amide bonds. The van der Waals surface area contributed by atoms with Crippen LogP contribution >= 0.6 is 15.6 Å². The van der Waals surface area contributed by atoms with Crippen molar-refractivity contribution in [1.82, 2.24) is 0 Å². The lowest BCUT2D eigenvalue weighted by molar-refractivity contribution is -0.161. The van der Waals surface area contributed by atoms with E-state index in [2.05, 4.69) is 88.5 Å². The number of carbonyl (C=O) groups is 4. The summed E-state index contributed by atoms with van der Waals surface area (Å²) in [5.41, 5.74) is 0. The van der Waals surface area contributed by atoms with Crippen LogP contribution in [0.25, 0.3) is 0 Å². The largest absolute Gasteiger partial charge is 0.472 e. The number of phosphoric acid groups is 2. The molecule has 572 valence electrons. The number of hydrogen-bond donors (Lipinski definition) is 3. The molecule has 0 aliphatic carbocycles. The normalized spacial score (nSPS) is 14.2. The number of phosphoric ester groups is 2. The van der Waals surface area contributed by atoms with Crippen LogP contribution in [0.3, 0.4) is 0 Å². The van der Waals surface area contributed by atoms with Crippen molar-refractivity contribution in [3.63, 3.8) is 0 Å². The molecule has 17 nitrogen and oxygen atoms in total. The quantitative estimate of drug-likeness (QED) is 0.0128. The average Bonchev–Trinajstić information content (AvgIpc) is 1.04. The summed E-state index contributed by atoms with van der Waals surface area (Å²) >= 11 is 0. The second-order valence-electron chi connectivity index (χ2n) is 26.7. The molecule has 0 fully saturated rings. The number of carbonyl (C=O) groups excluding carboxylic acids is 4. The molecule has 5 atom stereocenters. The average molecular weight is 1430 g/mol. The lowest BCUT2D eigenvalue weighted by Gasteiger charge is -2.21. The minimum Gasteiger partial charge on any atom is -0.462 e. The van der Waals surface area contributed by atoms with Crippen molar-refractivity contribution in [1.29, 1.82) is 0 Å². The van der Waals surface area contributed by atoms with E-state index in [1.807, 2.05) is 0 Å². The van der Waals surface area contributed by atoms with Crippen molar-refractivity contribution in [2.75, 3.05) is 39.6 Å². The van der Waals surface area contributed by atoms with Crippen LogP contribution in [-0.2, 0) is 65.4 Å². The van der Waals surface area contributed by atoms with E-state index in [1.54, 1.807) is 0 Å². The standard InChI is InChI=1S/C79H144O17P2/c1-5-9-13-17-21-25-29-33-36-40-44-48-52-56-60-64-77(82)90-70-75(96-79(84)66-62-58-54-50-46-42-38-35-31-27-23-19-15-11-7-3)72-94-98(87,88)92-68-73(80)67-91-97(85,86)93-71-74(69-89-76(81)63-59-55-51-47-43-39-32-28-24-20-16-12-8-4)95-78(83)65-61-57-53-49-45-41-37-34-30-26-22-18-14-10-6-2/h25-26,29-30,33-38,73-75,80H,5-24,27-28,31-32,39-72H2,1-4H3,(H,85,86)(H,87,88)/b29-25-,30-26-,36-33-,37-34-,38-35-/t73-,74+,75+/m0/s1. The Morgan fingerprint density at radius 2 is 0.500 bits per heavy atom. The number of aliphatic hydroxyl groups is 1. The lowest BCUT2D eigenvalue weighted by atomic mass is 10.0. The van der Waals surface area contributed by atoms with Gasteiger partial charge in [0.15, 0.2) is 12.2 Å². The highest BCUT2D eigenvalue weighted by atomic mass is 31.2. The Kier molecular flexibility index (Phi) is 69.7. The number of aliphatic hydroxyl groups excluding tert-OH is 1. The van der Waals surface area contributed by atoms with Gasteiger partial charge in [-0.3, -0.25) is 37.3 Å². The van der Waals surface area contributed by atoms with E-state index in [4.69, 9.17) is 37.0 Å². The highest BCUT2D eigenvalue weighted by Crippen LogP contribution is 2.45. The van der Waals surface area contributed by atoms with Crippen LogP contribution in [0.2, 0.25) is 0 Å². The Bertz CT molecular complexity index is 2100. The van der Waals surface area contributed by atoms with Gasteiger partial charge in [-0.25, -0.2) is 9.13 Å².